The third-order valence-electron chi connectivity index (χ3n) is 4.55. The minimum atomic E-state index is -0.270. The van der Waals surface area contributed by atoms with Crippen LogP contribution >= 0.6 is 0 Å². The first-order valence-corrected chi connectivity index (χ1v) is 8.34. The molecule has 1 fully saturated rings. The van der Waals surface area contributed by atoms with E-state index in [4.69, 9.17) is 4.74 Å². The zero-order valence-corrected chi connectivity index (χ0v) is 13.5. The van der Waals surface area contributed by atoms with E-state index in [-0.39, 0.29) is 12.1 Å². The van der Waals surface area contributed by atoms with Crippen molar-refractivity contribution in [1.29, 1.82) is 0 Å². The third-order valence-corrected chi connectivity index (χ3v) is 4.55. The van der Waals surface area contributed by atoms with Gasteiger partial charge in [0.15, 0.2) is 0 Å². The van der Waals surface area contributed by atoms with Crippen molar-refractivity contribution in [2.75, 3.05) is 6.61 Å². The molecule has 1 saturated heterocycles. The van der Waals surface area contributed by atoms with Gasteiger partial charge in [0.1, 0.15) is 6.61 Å². The molecule has 3 rings (SSSR count). The molecule has 0 spiro atoms. The predicted molar refractivity (Wildman–Crippen MR) is 90.9 cm³/mol. The van der Waals surface area contributed by atoms with E-state index in [1.54, 1.807) is 4.90 Å². The number of hydrogen-bond acceptors (Lipinski definition) is 2. The van der Waals surface area contributed by atoms with E-state index in [0.717, 1.165) is 31.4 Å². The van der Waals surface area contributed by atoms with E-state index in [1.807, 2.05) is 18.2 Å². The summed E-state index contributed by atoms with van der Waals surface area (Å²) in [6.07, 6.45) is 8.31. The van der Waals surface area contributed by atoms with Crippen molar-refractivity contribution in [2.45, 2.75) is 44.6 Å². The molecule has 1 aromatic rings. The van der Waals surface area contributed by atoms with Crippen LogP contribution in [0.1, 0.15) is 37.7 Å². The van der Waals surface area contributed by atoms with Crippen LogP contribution in [0, 0.1) is 0 Å². The summed E-state index contributed by atoms with van der Waals surface area (Å²) >= 11 is 0. The Bertz CT molecular complexity index is 641. The Morgan fingerprint density at radius 3 is 2.83 bits per heavy atom. The second-order valence-corrected chi connectivity index (χ2v) is 6.20. The summed E-state index contributed by atoms with van der Waals surface area (Å²) in [4.78, 5) is 14.0. The van der Waals surface area contributed by atoms with Gasteiger partial charge in [-0.2, -0.15) is 0 Å². The molecule has 120 valence electrons. The standard InChI is InChI=1S/C20H23NO2/c1-2-18(13-16-9-5-3-6-10-16)21-19(15-23-20(21)22)14-17-11-7-4-8-12-17/h4,7-9,11-12,19H,1,3,5-6,10,13-15H2/t19-/m1/s1. The Labute approximate surface area is 137 Å². The molecule has 1 aromatic carbocycles. The van der Waals surface area contributed by atoms with Crippen LogP contribution in [0.25, 0.3) is 0 Å². The summed E-state index contributed by atoms with van der Waals surface area (Å²) in [6.45, 7) is 4.24. The van der Waals surface area contributed by atoms with Gasteiger partial charge in [0, 0.05) is 6.42 Å². The molecule has 1 amide bonds. The Morgan fingerprint density at radius 1 is 1.30 bits per heavy atom. The van der Waals surface area contributed by atoms with E-state index in [2.05, 4.69) is 30.5 Å². The molecule has 1 aliphatic carbocycles. The largest absolute Gasteiger partial charge is 0.447 e. The Morgan fingerprint density at radius 2 is 2.13 bits per heavy atom. The molecule has 0 aromatic heterocycles. The van der Waals surface area contributed by atoms with E-state index in [1.165, 1.54) is 24.0 Å². The molecule has 23 heavy (non-hydrogen) atoms. The van der Waals surface area contributed by atoms with Crippen molar-refractivity contribution in [3.05, 3.63) is 65.6 Å². The van der Waals surface area contributed by atoms with Crippen LogP contribution in [0.4, 0.5) is 4.79 Å². The van der Waals surface area contributed by atoms with Gasteiger partial charge in [-0.1, -0.05) is 48.6 Å². The van der Waals surface area contributed by atoms with Gasteiger partial charge in [-0.3, -0.25) is 4.90 Å². The molecule has 1 atom stereocenters. The second-order valence-electron chi connectivity index (χ2n) is 6.20. The van der Waals surface area contributed by atoms with Gasteiger partial charge < -0.3 is 4.74 Å². The molecule has 0 bridgehead atoms. The predicted octanol–water partition coefficient (Wildman–Crippen LogP) is 4.61. The van der Waals surface area contributed by atoms with Gasteiger partial charge in [-0.25, -0.2) is 4.79 Å². The van der Waals surface area contributed by atoms with Crippen LogP contribution in [-0.4, -0.2) is 23.6 Å². The highest BCUT2D eigenvalue weighted by Gasteiger charge is 2.35. The monoisotopic (exact) mass is 309 g/mol. The first kappa shape index (κ1) is 15.6. The number of rotatable bonds is 5. The number of carbonyl (C=O) groups excluding carboxylic acids is 1. The lowest BCUT2D eigenvalue weighted by molar-refractivity contribution is 0.164. The fourth-order valence-corrected chi connectivity index (χ4v) is 3.34. The minimum Gasteiger partial charge on any atom is -0.447 e. The Kier molecular flexibility index (Phi) is 4.99. The summed E-state index contributed by atoms with van der Waals surface area (Å²) < 4.78 is 5.30. The van der Waals surface area contributed by atoms with Gasteiger partial charge in [0.2, 0.25) is 0 Å². The summed E-state index contributed by atoms with van der Waals surface area (Å²) in [5.74, 6) is 0. The lowest BCUT2D eigenvalue weighted by Gasteiger charge is -2.24. The number of cyclic esters (lactones) is 1. The van der Waals surface area contributed by atoms with Gasteiger partial charge in [0.25, 0.3) is 0 Å². The molecule has 2 aliphatic rings. The smallest absolute Gasteiger partial charge is 0.414 e. The van der Waals surface area contributed by atoms with Crippen molar-refractivity contribution in [3.8, 4) is 0 Å². The molecule has 0 radical (unpaired) electrons. The van der Waals surface area contributed by atoms with Crippen molar-refractivity contribution < 1.29 is 9.53 Å². The lowest BCUT2D eigenvalue weighted by atomic mass is 9.95. The number of hydrogen-bond donors (Lipinski definition) is 0. The molecule has 0 unspecified atom stereocenters. The first-order valence-electron chi connectivity index (χ1n) is 8.34. The minimum absolute atomic E-state index is 0.0262. The number of nitrogens with zero attached hydrogens (tertiary/aromatic N) is 1. The molecule has 1 aliphatic heterocycles. The number of benzene rings is 1. The average molecular weight is 309 g/mol. The zero-order valence-electron chi connectivity index (χ0n) is 13.5. The number of amides is 1. The maximum atomic E-state index is 12.2. The summed E-state index contributed by atoms with van der Waals surface area (Å²) in [5.41, 5.74) is 6.44. The first-order chi connectivity index (χ1) is 11.3. The topological polar surface area (TPSA) is 29.5 Å². The fraction of sp³-hybridized carbons (Fsp3) is 0.400. The second kappa shape index (κ2) is 7.34. The Hall–Kier alpha value is -2.25. The maximum Gasteiger partial charge on any atom is 0.414 e. The normalized spacial score (nSPS) is 20.7. The highest BCUT2D eigenvalue weighted by molar-refractivity contribution is 5.72. The van der Waals surface area contributed by atoms with Gasteiger partial charge in [0.05, 0.1) is 11.7 Å². The van der Waals surface area contributed by atoms with Crippen molar-refractivity contribution in [2.24, 2.45) is 0 Å². The van der Waals surface area contributed by atoms with E-state index in [0.29, 0.717) is 6.61 Å². The van der Waals surface area contributed by atoms with Gasteiger partial charge >= 0.3 is 6.09 Å². The molecular weight excluding hydrogens is 286 g/mol. The number of carbonyl (C=O) groups is 1. The van der Waals surface area contributed by atoms with Crippen LogP contribution in [0.5, 0.6) is 0 Å². The van der Waals surface area contributed by atoms with Gasteiger partial charge in [-0.05, 0) is 37.7 Å². The van der Waals surface area contributed by atoms with E-state index in [9.17, 15) is 4.79 Å². The highest BCUT2D eigenvalue weighted by Crippen LogP contribution is 2.29. The van der Waals surface area contributed by atoms with Gasteiger partial charge in [-0.15, -0.1) is 5.73 Å². The molecule has 0 saturated carbocycles. The summed E-state index contributed by atoms with van der Waals surface area (Å²) in [7, 11) is 0. The lowest BCUT2D eigenvalue weighted by Crippen LogP contribution is -2.34. The summed E-state index contributed by atoms with van der Waals surface area (Å²) in [5, 5.41) is 0. The quantitative estimate of drug-likeness (QED) is 0.587. The average Bonchev–Trinajstić information content (AvgIpc) is 2.95. The van der Waals surface area contributed by atoms with Crippen LogP contribution < -0.4 is 0 Å². The number of allylic oxidation sites excluding steroid dienone is 2. The SMILES string of the molecule is C=C=C(CC1=CCCCC1)N1C(=O)OC[C@H]1Cc1ccccc1. The van der Waals surface area contributed by atoms with Crippen molar-refractivity contribution in [3.63, 3.8) is 0 Å². The molecule has 1 heterocycles. The molecule has 3 nitrogen and oxygen atoms in total. The molecule has 0 N–H and O–H groups in total. The number of ether oxygens (including phenoxy) is 1. The van der Waals surface area contributed by atoms with Crippen molar-refractivity contribution >= 4 is 6.09 Å². The maximum absolute atomic E-state index is 12.2. The van der Waals surface area contributed by atoms with Crippen LogP contribution in [0.2, 0.25) is 0 Å². The zero-order chi connectivity index (χ0) is 16.1. The van der Waals surface area contributed by atoms with E-state index < -0.39 is 0 Å². The van der Waals surface area contributed by atoms with Crippen LogP contribution in [0.15, 0.2) is 60.0 Å². The molecule has 3 heteroatoms. The Balaban J connectivity index is 1.75. The molecular formula is C20H23NO2. The van der Waals surface area contributed by atoms with Crippen LogP contribution in [-0.2, 0) is 11.2 Å². The third kappa shape index (κ3) is 3.75. The van der Waals surface area contributed by atoms with Crippen LogP contribution in [0.3, 0.4) is 0 Å². The summed E-state index contributed by atoms with van der Waals surface area (Å²) in [6, 6.07) is 10.2. The highest BCUT2D eigenvalue weighted by atomic mass is 16.6. The van der Waals surface area contributed by atoms with E-state index >= 15 is 0 Å². The van der Waals surface area contributed by atoms with Crippen molar-refractivity contribution in [1.82, 2.24) is 4.90 Å². The fourth-order valence-electron chi connectivity index (χ4n) is 3.34.